The predicted molar refractivity (Wildman–Crippen MR) is 146 cm³/mol. The Hall–Kier alpha value is -2.23. The lowest BCUT2D eigenvalue weighted by atomic mass is 9.62. The fourth-order valence-corrected chi connectivity index (χ4v) is 6.25. The van der Waals surface area contributed by atoms with Crippen LogP contribution >= 0.6 is 23.2 Å². The van der Waals surface area contributed by atoms with E-state index in [1.165, 1.54) is 19.2 Å². The number of fused-ring (bicyclic) bond motifs is 2. The molecule has 5 atom stereocenters. The van der Waals surface area contributed by atoms with Crippen LogP contribution in [-0.2, 0) is 19.7 Å². The number of aliphatic hydroxyl groups is 1. The smallest absolute Gasteiger partial charge is 0.237 e. The van der Waals surface area contributed by atoms with Gasteiger partial charge < -0.3 is 25.8 Å². The van der Waals surface area contributed by atoms with Gasteiger partial charge in [-0.15, -0.1) is 0 Å². The van der Waals surface area contributed by atoms with Crippen LogP contribution < -0.4 is 16.0 Å². The highest BCUT2D eigenvalue weighted by atomic mass is 35.5. The van der Waals surface area contributed by atoms with E-state index in [0.717, 1.165) is 0 Å². The van der Waals surface area contributed by atoms with Gasteiger partial charge in [0.2, 0.25) is 11.8 Å². The summed E-state index contributed by atoms with van der Waals surface area (Å²) in [6.45, 7) is 6.27. The third-order valence-electron chi connectivity index (χ3n) is 7.49. The first-order valence-corrected chi connectivity index (χ1v) is 13.4. The molecular formula is C28H34Cl2FN3O4. The van der Waals surface area contributed by atoms with E-state index in [1.54, 1.807) is 18.2 Å². The van der Waals surface area contributed by atoms with E-state index in [9.17, 15) is 19.1 Å². The van der Waals surface area contributed by atoms with Crippen molar-refractivity contribution in [1.82, 2.24) is 10.6 Å². The SMILES string of the molecule is COC(CO)CCNC(=O)C1NC(CC(C)(C)C)C2(C(=O)Nc3cc(Cl)c(F)cc32)C1c1cccc(Cl)c1. The van der Waals surface area contributed by atoms with Crippen molar-refractivity contribution in [3.8, 4) is 0 Å². The van der Waals surface area contributed by atoms with E-state index in [2.05, 4.69) is 36.7 Å². The largest absolute Gasteiger partial charge is 0.394 e. The van der Waals surface area contributed by atoms with Crippen LogP contribution in [0.1, 0.15) is 50.7 Å². The minimum absolute atomic E-state index is 0.0930. The molecule has 0 bridgehead atoms. The van der Waals surface area contributed by atoms with Crippen molar-refractivity contribution in [2.24, 2.45) is 5.41 Å². The van der Waals surface area contributed by atoms with Crippen LogP contribution in [0.15, 0.2) is 36.4 Å². The zero-order valence-electron chi connectivity index (χ0n) is 21.9. The molecule has 4 rings (SSSR count). The van der Waals surface area contributed by atoms with Gasteiger partial charge in [0.1, 0.15) is 11.2 Å². The van der Waals surface area contributed by atoms with Crippen molar-refractivity contribution in [3.05, 3.63) is 63.4 Å². The van der Waals surface area contributed by atoms with Gasteiger partial charge in [0.25, 0.3) is 0 Å². The Labute approximate surface area is 232 Å². The van der Waals surface area contributed by atoms with Gasteiger partial charge in [-0.3, -0.25) is 9.59 Å². The topological polar surface area (TPSA) is 99.7 Å². The summed E-state index contributed by atoms with van der Waals surface area (Å²) in [4.78, 5) is 27.8. The van der Waals surface area contributed by atoms with Gasteiger partial charge in [-0.05, 0) is 53.6 Å². The number of methoxy groups -OCH3 is 1. The fraction of sp³-hybridized carbons (Fsp3) is 0.500. The van der Waals surface area contributed by atoms with E-state index < -0.39 is 35.3 Å². The number of amides is 2. The van der Waals surface area contributed by atoms with Crippen molar-refractivity contribution in [2.75, 3.05) is 25.6 Å². The van der Waals surface area contributed by atoms with Crippen LogP contribution in [0.5, 0.6) is 0 Å². The zero-order chi connectivity index (χ0) is 27.8. The number of benzene rings is 2. The first kappa shape index (κ1) is 28.8. The van der Waals surface area contributed by atoms with Crippen molar-refractivity contribution in [3.63, 3.8) is 0 Å². The third-order valence-corrected chi connectivity index (χ3v) is 8.02. The minimum atomic E-state index is -1.30. The van der Waals surface area contributed by atoms with Crippen molar-refractivity contribution >= 4 is 40.7 Å². The number of carbonyl (C=O) groups is 2. The van der Waals surface area contributed by atoms with E-state index in [1.807, 2.05) is 6.07 Å². The summed E-state index contributed by atoms with van der Waals surface area (Å²) in [5.74, 6) is -1.97. The molecule has 0 saturated carbocycles. The molecule has 0 aromatic heterocycles. The summed E-state index contributed by atoms with van der Waals surface area (Å²) >= 11 is 12.5. The standard InChI is InChI=1S/C28H34Cl2FN3O4/c1-27(2,3)13-22-28(18-11-20(31)19(30)12-21(18)33-26(28)37)23(15-6-5-7-16(29)10-15)24(34-22)25(36)32-9-8-17(14-35)38-4/h5-7,10-12,17,22-24,34-35H,8-9,13-14H2,1-4H3,(H,32,36)(H,33,37). The summed E-state index contributed by atoms with van der Waals surface area (Å²) < 4.78 is 20.1. The number of hydrogen-bond acceptors (Lipinski definition) is 5. The summed E-state index contributed by atoms with van der Waals surface area (Å²) in [5.41, 5.74) is 0.0497. The molecule has 206 valence electrons. The monoisotopic (exact) mass is 565 g/mol. The number of anilines is 1. The number of aliphatic hydroxyl groups excluding tert-OH is 1. The van der Waals surface area contributed by atoms with E-state index in [0.29, 0.717) is 34.7 Å². The second-order valence-corrected chi connectivity index (χ2v) is 12.1. The Morgan fingerprint density at radius 1 is 1.26 bits per heavy atom. The Balaban J connectivity index is 1.86. The predicted octanol–water partition coefficient (Wildman–Crippen LogP) is 4.40. The number of ether oxygens (including phenoxy) is 1. The molecule has 5 unspecified atom stereocenters. The minimum Gasteiger partial charge on any atom is -0.394 e. The second-order valence-electron chi connectivity index (χ2n) is 11.2. The van der Waals surface area contributed by atoms with Crippen LogP contribution in [0.2, 0.25) is 10.0 Å². The van der Waals surface area contributed by atoms with Crippen LogP contribution in [0.4, 0.5) is 10.1 Å². The Kier molecular flexibility index (Phi) is 8.40. The molecule has 2 aliphatic rings. The molecule has 1 fully saturated rings. The lowest BCUT2D eigenvalue weighted by molar-refractivity contribution is -0.124. The van der Waals surface area contributed by atoms with Crippen molar-refractivity contribution in [2.45, 2.75) is 63.1 Å². The highest BCUT2D eigenvalue weighted by Crippen LogP contribution is 2.57. The summed E-state index contributed by atoms with van der Waals surface area (Å²) in [6, 6.07) is 8.50. The molecule has 38 heavy (non-hydrogen) atoms. The maximum atomic E-state index is 14.9. The molecule has 2 aromatic carbocycles. The number of halogens is 3. The van der Waals surface area contributed by atoms with Gasteiger partial charge in [0.05, 0.1) is 23.8 Å². The maximum absolute atomic E-state index is 14.9. The molecule has 2 aliphatic heterocycles. The average molecular weight is 567 g/mol. The van der Waals surface area contributed by atoms with Crippen molar-refractivity contribution < 1.29 is 23.8 Å². The van der Waals surface area contributed by atoms with Crippen molar-refractivity contribution in [1.29, 1.82) is 0 Å². The maximum Gasteiger partial charge on any atom is 0.237 e. The number of carbonyl (C=O) groups excluding carboxylic acids is 2. The van der Waals surface area contributed by atoms with Gasteiger partial charge in [0.15, 0.2) is 0 Å². The average Bonchev–Trinajstić information content (AvgIpc) is 3.31. The summed E-state index contributed by atoms with van der Waals surface area (Å²) in [7, 11) is 1.50. The van der Waals surface area contributed by atoms with Gasteiger partial charge in [-0.25, -0.2) is 4.39 Å². The van der Waals surface area contributed by atoms with Gasteiger partial charge in [-0.2, -0.15) is 0 Å². The molecule has 7 nitrogen and oxygen atoms in total. The number of hydrogen-bond donors (Lipinski definition) is 4. The van der Waals surface area contributed by atoms with E-state index in [-0.39, 0.29) is 35.4 Å². The van der Waals surface area contributed by atoms with Crippen LogP contribution in [0, 0.1) is 11.2 Å². The lowest BCUT2D eigenvalue weighted by Crippen LogP contribution is -2.49. The molecule has 2 amide bonds. The molecule has 2 heterocycles. The fourth-order valence-electron chi connectivity index (χ4n) is 5.88. The number of rotatable bonds is 8. The number of nitrogens with one attached hydrogen (secondary N) is 3. The van der Waals surface area contributed by atoms with E-state index in [4.69, 9.17) is 27.9 Å². The first-order valence-electron chi connectivity index (χ1n) is 12.7. The molecular weight excluding hydrogens is 532 g/mol. The Bertz CT molecular complexity index is 1220. The molecule has 0 radical (unpaired) electrons. The van der Waals surface area contributed by atoms with Crippen LogP contribution in [0.25, 0.3) is 0 Å². The summed E-state index contributed by atoms with van der Waals surface area (Å²) in [5, 5.41) is 19.1. The highest BCUT2D eigenvalue weighted by Gasteiger charge is 2.65. The van der Waals surface area contributed by atoms with Crippen LogP contribution in [0.3, 0.4) is 0 Å². The first-order chi connectivity index (χ1) is 17.9. The molecule has 2 aromatic rings. The summed E-state index contributed by atoms with van der Waals surface area (Å²) in [6.07, 6.45) is 0.536. The Morgan fingerprint density at radius 3 is 2.63 bits per heavy atom. The molecule has 1 saturated heterocycles. The zero-order valence-corrected chi connectivity index (χ0v) is 23.4. The van der Waals surface area contributed by atoms with Gasteiger partial charge >= 0.3 is 0 Å². The highest BCUT2D eigenvalue weighted by molar-refractivity contribution is 6.31. The lowest BCUT2D eigenvalue weighted by Gasteiger charge is -2.37. The molecule has 10 heteroatoms. The third kappa shape index (κ3) is 5.29. The Morgan fingerprint density at radius 2 is 2.00 bits per heavy atom. The molecule has 1 spiro atoms. The molecule has 4 N–H and O–H groups in total. The normalized spacial score (nSPS) is 25.4. The van der Waals surface area contributed by atoms with E-state index >= 15 is 0 Å². The quantitative estimate of drug-likeness (QED) is 0.380. The van der Waals surface area contributed by atoms with Gasteiger partial charge in [0, 0.05) is 36.3 Å². The second kappa shape index (κ2) is 11.1. The van der Waals surface area contributed by atoms with Gasteiger partial charge in [-0.1, -0.05) is 56.1 Å². The van der Waals surface area contributed by atoms with Crippen LogP contribution in [-0.4, -0.2) is 55.4 Å². The molecule has 0 aliphatic carbocycles.